The SMILES string of the molecule is CC(C)(O)CN1CCC[N]CC1. The molecule has 0 unspecified atom stereocenters. The van der Waals surface area contributed by atoms with Gasteiger partial charge in [0.2, 0.25) is 0 Å². The van der Waals surface area contributed by atoms with Crippen molar-refractivity contribution in [1.82, 2.24) is 10.2 Å². The fourth-order valence-electron chi connectivity index (χ4n) is 1.55. The van der Waals surface area contributed by atoms with Crippen molar-refractivity contribution in [3.8, 4) is 0 Å². The quantitative estimate of drug-likeness (QED) is 0.638. The molecule has 0 bridgehead atoms. The van der Waals surface area contributed by atoms with Gasteiger partial charge in [0.05, 0.1) is 5.60 Å². The second-order valence-corrected chi connectivity index (χ2v) is 4.11. The first kappa shape index (κ1) is 9.96. The normalized spacial score (nSPS) is 22.2. The molecule has 0 saturated carbocycles. The first-order valence-corrected chi connectivity index (χ1v) is 4.66. The Morgan fingerprint density at radius 1 is 1.33 bits per heavy atom. The summed E-state index contributed by atoms with van der Waals surface area (Å²) in [5, 5.41) is 13.9. The van der Waals surface area contributed by atoms with Crippen LogP contribution in [0.2, 0.25) is 0 Å². The molecule has 1 radical (unpaired) electrons. The van der Waals surface area contributed by atoms with Crippen molar-refractivity contribution in [3.63, 3.8) is 0 Å². The Bertz CT molecular complexity index is 123. The number of aliphatic hydroxyl groups is 1. The van der Waals surface area contributed by atoms with Gasteiger partial charge in [0.25, 0.3) is 0 Å². The molecule has 1 aliphatic heterocycles. The minimum atomic E-state index is -0.565. The van der Waals surface area contributed by atoms with Crippen LogP contribution in [0.5, 0.6) is 0 Å². The minimum absolute atomic E-state index is 0.565. The fraction of sp³-hybridized carbons (Fsp3) is 1.00. The minimum Gasteiger partial charge on any atom is -0.389 e. The summed E-state index contributed by atoms with van der Waals surface area (Å²) in [5.41, 5.74) is -0.565. The Kier molecular flexibility index (Phi) is 3.50. The van der Waals surface area contributed by atoms with Crippen molar-refractivity contribution in [2.75, 3.05) is 32.7 Å². The number of rotatable bonds is 2. The van der Waals surface area contributed by atoms with Crippen LogP contribution in [0.15, 0.2) is 0 Å². The van der Waals surface area contributed by atoms with Crippen LogP contribution in [-0.2, 0) is 0 Å². The highest BCUT2D eigenvalue weighted by atomic mass is 16.3. The number of hydrogen-bond acceptors (Lipinski definition) is 2. The number of β-amino-alcohol motifs (C(OH)–C–C–N with tert-alkyl or cyclic N) is 1. The van der Waals surface area contributed by atoms with Crippen LogP contribution in [0.25, 0.3) is 0 Å². The third-order valence-electron chi connectivity index (χ3n) is 1.98. The highest BCUT2D eigenvalue weighted by molar-refractivity contribution is 4.74. The van der Waals surface area contributed by atoms with E-state index >= 15 is 0 Å². The molecule has 1 aliphatic rings. The number of hydrogen-bond donors (Lipinski definition) is 1. The topological polar surface area (TPSA) is 37.6 Å². The highest BCUT2D eigenvalue weighted by Crippen LogP contribution is 2.06. The first-order valence-electron chi connectivity index (χ1n) is 4.66. The van der Waals surface area contributed by atoms with Gasteiger partial charge in [-0.05, 0) is 26.8 Å². The largest absolute Gasteiger partial charge is 0.389 e. The summed E-state index contributed by atoms with van der Waals surface area (Å²) in [4.78, 5) is 2.29. The summed E-state index contributed by atoms with van der Waals surface area (Å²) >= 11 is 0. The van der Waals surface area contributed by atoms with E-state index in [0.717, 1.165) is 39.1 Å². The Balaban J connectivity index is 2.30. The van der Waals surface area contributed by atoms with Crippen LogP contribution in [0.3, 0.4) is 0 Å². The lowest BCUT2D eigenvalue weighted by molar-refractivity contribution is 0.0383. The summed E-state index contributed by atoms with van der Waals surface area (Å²) < 4.78 is 0. The van der Waals surface area contributed by atoms with Gasteiger partial charge in [-0.15, -0.1) is 0 Å². The molecule has 0 aromatic carbocycles. The van der Waals surface area contributed by atoms with Gasteiger partial charge >= 0.3 is 0 Å². The van der Waals surface area contributed by atoms with Gasteiger partial charge in [0.15, 0.2) is 0 Å². The maximum absolute atomic E-state index is 9.59. The summed E-state index contributed by atoms with van der Waals surface area (Å²) in [6, 6.07) is 0. The number of nitrogens with zero attached hydrogens (tertiary/aromatic N) is 2. The van der Waals surface area contributed by atoms with E-state index in [1.165, 1.54) is 0 Å². The van der Waals surface area contributed by atoms with Gasteiger partial charge in [0, 0.05) is 26.2 Å². The average molecular weight is 171 g/mol. The summed E-state index contributed by atoms with van der Waals surface area (Å²) in [6.07, 6.45) is 1.14. The maximum Gasteiger partial charge on any atom is 0.0718 e. The molecule has 1 N–H and O–H groups in total. The summed E-state index contributed by atoms with van der Waals surface area (Å²) in [7, 11) is 0. The maximum atomic E-state index is 9.59. The van der Waals surface area contributed by atoms with Gasteiger partial charge in [-0.3, -0.25) is 4.90 Å². The molecule has 0 amide bonds. The molecule has 71 valence electrons. The third kappa shape index (κ3) is 4.04. The van der Waals surface area contributed by atoms with Crippen LogP contribution in [-0.4, -0.2) is 48.3 Å². The Morgan fingerprint density at radius 3 is 2.75 bits per heavy atom. The van der Waals surface area contributed by atoms with E-state index < -0.39 is 5.60 Å². The van der Waals surface area contributed by atoms with Crippen molar-refractivity contribution in [3.05, 3.63) is 0 Å². The van der Waals surface area contributed by atoms with E-state index in [9.17, 15) is 5.11 Å². The van der Waals surface area contributed by atoms with E-state index in [1.807, 2.05) is 13.8 Å². The van der Waals surface area contributed by atoms with E-state index in [0.29, 0.717) is 0 Å². The van der Waals surface area contributed by atoms with Gasteiger partial charge in [-0.25, -0.2) is 5.32 Å². The molecular formula is C9H19N2O. The second-order valence-electron chi connectivity index (χ2n) is 4.11. The molecule has 1 heterocycles. The molecule has 1 saturated heterocycles. The zero-order chi connectivity index (χ0) is 9.03. The molecule has 12 heavy (non-hydrogen) atoms. The monoisotopic (exact) mass is 171 g/mol. The molecule has 3 heteroatoms. The fourth-order valence-corrected chi connectivity index (χ4v) is 1.55. The zero-order valence-corrected chi connectivity index (χ0v) is 8.08. The van der Waals surface area contributed by atoms with E-state index in [4.69, 9.17) is 0 Å². The molecule has 0 aliphatic carbocycles. The lowest BCUT2D eigenvalue weighted by Crippen LogP contribution is -2.40. The molecule has 0 aromatic heterocycles. The van der Waals surface area contributed by atoms with E-state index in [2.05, 4.69) is 10.2 Å². The molecular weight excluding hydrogens is 152 g/mol. The van der Waals surface area contributed by atoms with E-state index in [-0.39, 0.29) is 0 Å². The Labute approximate surface area is 74.8 Å². The molecule has 3 nitrogen and oxygen atoms in total. The zero-order valence-electron chi connectivity index (χ0n) is 8.08. The predicted octanol–water partition coefficient (Wildman–Crippen LogP) is 0.0674. The van der Waals surface area contributed by atoms with Crippen molar-refractivity contribution in [2.24, 2.45) is 0 Å². The standard InChI is InChI=1S/C9H19N2O/c1-9(2,12)8-11-6-3-4-10-5-7-11/h12H,3-8H2,1-2H3. The Morgan fingerprint density at radius 2 is 2.08 bits per heavy atom. The summed E-state index contributed by atoms with van der Waals surface area (Å²) in [5.74, 6) is 0. The highest BCUT2D eigenvalue weighted by Gasteiger charge is 2.18. The van der Waals surface area contributed by atoms with Crippen LogP contribution in [0, 0.1) is 0 Å². The lowest BCUT2D eigenvalue weighted by atomic mass is 10.1. The van der Waals surface area contributed by atoms with Crippen molar-refractivity contribution >= 4 is 0 Å². The molecule has 1 fully saturated rings. The van der Waals surface area contributed by atoms with Crippen LogP contribution in [0.4, 0.5) is 0 Å². The van der Waals surface area contributed by atoms with Crippen molar-refractivity contribution < 1.29 is 5.11 Å². The second kappa shape index (κ2) is 4.21. The molecule has 0 atom stereocenters. The Hall–Kier alpha value is -0.120. The lowest BCUT2D eigenvalue weighted by Gasteiger charge is -2.27. The van der Waals surface area contributed by atoms with Gasteiger partial charge < -0.3 is 5.11 Å². The van der Waals surface area contributed by atoms with Gasteiger partial charge in [-0.2, -0.15) is 0 Å². The molecule has 0 aromatic rings. The van der Waals surface area contributed by atoms with Crippen LogP contribution in [0.1, 0.15) is 20.3 Å². The van der Waals surface area contributed by atoms with Crippen LogP contribution >= 0.6 is 0 Å². The molecule has 0 spiro atoms. The van der Waals surface area contributed by atoms with Crippen molar-refractivity contribution in [2.45, 2.75) is 25.9 Å². The van der Waals surface area contributed by atoms with Gasteiger partial charge in [0.1, 0.15) is 0 Å². The average Bonchev–Trinajstić information content (AvgIpc) is 2.12. The van der Waals surface area contributed by atoms with E-state index in [1.54, 1.807) is 0 Å². The molecule has 1 rings (SSSR count). The van der Waals surface area contributed by atoms with Gasteiger partial charge in [-0.1, -0.05) is 0 Å². The smallest absolute Gasteiger partial charge is 0.0718 e. The van der Waals surface area contributed by atoms with Crippen LogP contribution < -0.4 is 5.32 Å². The first-order chi connectivity index (χ1) is 5.58. The van der Waals surface area contributed by atoms with Crippen molar-refractivity contribution in [1.29, 1.82) is 0 Å². The summed E-state index contributed by atoms with van der Waals surface area (Å²) in [6.45, 7) is 8.47. The predicted molar refractivity (Wildman–Crippen MR) is 49.2 cm³/mol. The third-order valence-corrected chi connectivity index (χ3v) is 1.98.